The Bertz CT molecular complexity index is 1460. The summed E-state index contributed by atoms with van der Waals surface area (Å²) in [5.74, 6) is -2.86. The molecule has 6 amide bonds. The highest BCUT2D eigenvalue weighted by Crippen LogP contribution is 2.32. The van der Waals surface area contributed by atoms with Crippen molar-refractivity contribution in [2.45, 2.75) is 56.7 Å². The molecule has 14 heteroatoms. The van der Waals surface area contributed by atoms with Crippen LogP contribution in [-0.4, -0.2) is 68.2 Å². The lowest BCUT2D eigenvalue weighted by Gasteiger charge is -2.27. The number of carbonyl (C=O) groups is 6. The number of nitrogens with zero attached hydrogens (tertiary/aromatic N) is 1. The number of hydrogen-bond donors (Lipinski definition) is 5. The van der Waals surface area contributed by atoms with Crippen LogP contribution in [0.15, 0.2) is 42.5 Å². The molecule has 2 aromatic carbocycles. The van der Waals surface area contributed by atoms with Crippen LogP contribution in [0, 0.1) is 0 Å². The lowest BCUT2D eigenvalue weighted by molar-refractivity contribution is -0.136. The minimum absolute atomic E-state index is 0.00353. The zero-order valence-corrected chi connectivity index (χ0v) is 24.2. The Morgan fingerprint density at radius 2 is 1.74 bits per heavy atom. The van der Waals surface area contributed by atoms with Gasteiger partial charge in [-0.2, -0.15) is 0 Å². The zero-order valence-electron chi connectivity index (χ0n) is 23.4. The number of rotatable bonds is 14. The van der Waals surface area contributed by atoms with Gasteiger partial charge in [0.25, 0.3) is 11.8 Å². The molecule has 2 aliphatic heterocycles. The van der Waals surface area contributed by atoms with E-state index < -0.39 is 40.8 Å². The number of piperidine rings is 1. The van der Waals surface area contributed by atoms with E-state index in [1.165, 1.54) is 6.07 Å². The van der Waals surface area contributed by atoms with Gasteiger partial charge in [-0.1, -0.05) is 31.0 Å². The van der Waals surface area contributed by atoms with Gasteiger partial charge in [0.05, 0.1) is 23.4 Å². The molecule has 13 nitrogen and oxygen atoms in total. The van der Waals surface area contributed by atoms with E-state index in [0.717, 1.165) is 17.7 Å². The van der Waals surface area contributed by atoms with Crippen LogP contribution in [0.3, 0.4) is 0 Å². The minimum Gasteiger partial charge on any atom is -0.375 e. The molecule has 0 spiro atoms. The summed E-state index contributed by atoms with van der Waals surface area (Å²) in [6.45, 7) is 0.297. The van der Waals surface area contributed by atoms with E-state index in [9.17, 15) is 33.0 Å². The molecule has 5 N–H and O–H groups in total. The number of imide groups is 2. The van der Waals surface area contributed by atoms with Gasteiger partial charge in [-0.3, -0.25) is 39.0 Å². The summed E-state index contributed by atoms with van der Waals surface area (Å²) in [4.78, 5) is 75.3. The average Bonchev–Trinajstić information content (AvgIpc) is 3.21. The molecular weight excluding hydrogens is 578 g/mol. The van der Waals surface area contributed by atoms with Gasteiger partial charge in [0.15, 0.2) is 11.1 Å². The number of benzene rings is 2. The Morgan fingerprint density at radius 3 is 2.51 bits per heavy atom. The Labute approximate surface area is 250 Å². The normalized spacial score (nSPS) is 16.9. The average molecular weight is 612 g/mol. The number of hydrogen-bond acceptors (Lipinski definition) is 8. The molecule has 0 aliphatic carbocycles. The van der Waals surface area contributed by atoms with Gasteiger partial charge in [-0.05, 0) is 49.1 Å². The third-order valence-corrected chi connectivity index (χ3v) is 7.64. The fourth-order valence-corrected chi connectivity index (χ4v) is 5.46. The maximum atomic E-state index is 13.1. The highest BCUT2D eigenvalue weighted by molar-refractivity contribution is 7.78. The summed E-state index contributed by atoms with van der Waals surface area (Å²) in [6.07, 6.45) is 3.39. The molecular formula is C29H33N5O8S. The van der Waals surface area contributed by atoms with Crippen LogP contribution >= 0.6 is 0 Å². The predicted octanol–water partition coefficient (Wildman–Crippen LogP) is 1.93. The van der Waals surface area contributed by atoms with E-state index in [1.54, 1.807) is 36.4 Å². The summed E-state index contributed by atoms with van der Waals surface area (Å²) >= 11 is -1.95. The molecule has 43 heavy (non-hydrogen) atoms. The van der Waals surface area contributed by atoms with Crippen molar-refractivity contribution in [1.29, 1.82) is 0 Å². The first-order valence-corrected chi connectivity index (χ1v) is 15.2. The van der Waals surface area contributed by atoms with Crippen LogP contribution in [0.4, 0.5) is 11.4 Å². The van der Waals surface area contributed by atoms with Crippen molar-refractivity contribution in [3.63, 3.8) is 0 Å². The van der Waals surface area contributed by atoms with Crippen molar-refractivity contribution >= 4 is 57.9 Å². The van der Waals surface area contributed by atoms with Crippen molar-refractivity contribution in [2.75, 3.05) is 23.7 Å². The maximum absolute atomic E-state index is 13.1. The molecule has 0 saturated carbocycles. The second-order valence-electron chi connectivity index (χ2n) is 10.3. The number of nitrogens with one attached hydrogen (secondary N) is 4. The molecule has 0 bridgehead atoms. The van der Waals surface area contributed by atoms with Crippen LogP contribution in [0.2, 0.25) is 0 Å². The van der Waals surface area contributed by atoms with Gasteiger partial charge in [-0.25, -0.2) is 4.21 Å². The first-order valence-electron chi connectivity index (χ1n) is 14.0. The Hall–Kier alpha value is -4.43. The number of anilines is 2. The molecule has 4 rings (SSSR count). The number of carbonyl (C=O) groups excluding carboxylic acids is 6. The van der Waals surface area contributed by atoms with E-state index in [1.807, 2.05) is 0 Å². The van der Waals surface area contributed by atoms with Crippen LogP contribution in [-0.2, 0) is 36.0 Å². The minimum atomic E-state index is -1.95. The Balaban J connectivity index is 1.14. The monoisotopic (exact) mass is 611 g/mol. The molecule has 2 heterocycles. The van der Waals surface area contributed by atoms with Gasteiger partial charge in [0, 0.05) is 30.8 Å². The number of amides is 6. The third-order valence-electron chi connectivity index (χ3n) is 7.06. The highest BCUT2D eigenvalue weighted by atomic mass is 32.2. The topological polar surface area (TPSA) is 191 Å². The van der Waals surface area contributed by atoms with Crippen LogP contribution in [0.25, 0.3) is 0 Å². The van der Waals surface area contributed by atoms with E-state index in [-0.39, 0.29) is 48.1 Å². The first-order chi connectivity index (χ1) is 20.6. The molecule has 2 unspecified atom stereocenters. The summed E-state index contributed by atoms with van der Waals surface area (Å²) in [6, 6.07) is 10.4. The fourth-order valence-electron chi connectivity index (χ4n) is 5.00. The summed E-state index contributed by atoms with van der Waals surface area (Å²) in [5.41, 5.74) is 1.75. The molecule has 2 aromatic rings. The molecule has 1 saturated heterocycles. The summed E-state index contributed by atoms with van der Waals surface area (Å²) in [5, 5.41) is 10.6. The van der Waals surface area contributed by atoms with E-state index in [2.05, 4.69) is 21.3 Å². The molecule has 228 valence electrons. The van der Waals surface area contributed by atoms with E-state index in [4.69, 9.17) is 4.55 Å². The quantitative estimate of drug-likeness (QED) is 0.121. The molecule has 2 atom stereocenters. The first kappa shape index (κ1) is 31.5. The van der Waals surface area contributed by atoms with Crippen LogP contribution in [0.1, 0.15) is 71.2 Å². The van der Waals surface area contributed by atoms with Gasteiger partial charge in [0.1, 0.15) is 6.04 Å². The van der Waals surface area contributed by atoms with Crippen molar-refractivity contribution in [2.24, 2.45) is 0 Å². The number of unbranched alkanes of at least 4 members (excludes halogenated alkanes) is 3. The van der Waals surface area contributed by atoms with Crippen LogP contribution in [0.5, 0.6) is 0 Å². The van der Waals surface area contributed by atoms with Crippen molar-refractivity contribution in [1.82, 2.24) is 15.5 Å². The maximum Gasteiger partial charge on any atom is 0.264 e. The van der Waals surface area contributed by atoms with Gasteiger partial charge in [-0.15, -0.1) is 0 Å². The predicted molar refractivity (Wildman–Crippen MR) is 157 cm³/mol. The second kappa shape index (κ2) is 14.6. The van der Waals surface area contributed by atoms with Crippen molar-refractivity contribution in [3.8, 4) is 0 Å². The third kappa shape index (κ3) is 8.32. The van der Waals surface area contributed by atoms with Gasteiger partial charge in [0.2, 0.25) is 23.6 Å². The largest absolute Gasteiger partial charge is 0.375 e. The fraction of sp³-hybridized carbons (Fsp3) is 0.379. The van der Waals surface area contributed by atoms with E-state index in [0.29, 0.717) is 42.7 Å². The Kier molecular flexibility index (Phi) is 10.7. The SMILES string of the molecule is O=C(CNc1cccc2c1C(=O)N(C1CCC(=O)NC1=O)C2=O)NCCCCCCC(=O)Nc1cccc(CS(=O)O)c1. The van der Waals surface area contributed by atoms with Crippen molar-refractivity contribution in [3.05, 3.63) is 59.2 Å². The van der Waals surface area contributed by atoms with Crippen molar-refractivity contribution < 1.29 is 37.5 Å². The van der Waals surface area contributed by atoms with Gasteiger partial charge < -0.3 is 20.5 Å². The molecule has 1 fully saturated rings. The van der Waals surface area contributed by atoms with Gasteiger partial charge >= 0.3 is 0 Å². The molecule has 0 radical (unpaired) electrons. The zero-order chi connectivity index (χ0) is 30.9. The lowest BCUT2D eigenvalue weighted by Crippen LogP contribution is -2.54. The lowest BCUT2D eigenvalue weighted by atomic mass is 10.0. The Morgan fingerprint density at radius 1 is 0.977 bits per heavy atom. The van der Waals surface area contributed by atoms with Crippen LogP contribution < -0.4 is 21.3 Å². The standard InChI is InChI=1S/C29H33N5O8S/c35-23(32-19-8-5-7-18(15-19)17-43(41)42)11-3-1-2-4-14-30-25(37)16-31-21-10-6-9-20-26(21)29(40)34(28(20)39)22-12-13-24(36)33-27(22)38/h5-10,15,22,31H,1-4,11-14,16-17H2,(H,30,37)(H,32,35)(H,41,42)(H,33,36,38). The second-order valence-corrected chi connectivity index (χ2v) is 11.2. The highest BCUT2D eigenvalue weighted by Gasteiger charge is 2.45. The van der Waals surface area contributed by atoms with E-state index >= 15 is 0 Å². The smallest absolute Gasteiger partial charge is 0.264 e. The molecule has 2 aliphatic rings. The molecule has 0 aromatic heterocycles. The number of fused-ring (bicyclic) bond motifs is 1. The summed E-state index contributed by atoms with van der Waals surface area (Å²) in [7, 11) is 0. The summed E-state index contributed by atoms with van der Waals surface area (Å²) < 4.78 is 20.0.